The van der Waals surface area contributed by atoms with Crippen LogP contribution in [-0.4, -0.2) is 25.5 Å². The molecule has 1 unspecified atom stereocenters. The van der Waals surface area contributed by atoms with Crippen molar-refractivity contribution in [3.8, 4) is 11.5 Å². The summed E-state index contributed by atoms with van der Waals surface area (Å²) in [6, 6.07) is 14.3. The summed E-state index contributed by atoms with van der Waals surface area (Å²) in [7, 11) is 1.51. The maximum absolute atomic E-state index is 12.4. The number of nitrogens with one attached hydrogen (secondary N) is 2. The second-order valence-corrected chi connectivity index (χ2v) is 5.61. The van der Waals surface area contributed by atoms with Crippen LogP contribution in [0.3, 0.4) is 0 Å². The van der Waals surface area contributed by atoms with E-state index in [0.29, 0.717) is 30.1 Å². The van der Waals surface area contributed by atoms with Gasteiger partial charge in [-0.15, -0.1) is 0 Å². The van der Waals surface area contributed by atoms with Crippen molar-refractivity contribution in [2.24, 2.45) is 0 Å². The summed E-state index contributed by atoms with van der Waals surface area (Å²) in [6.07, 6.45) is 0.628. The zero-order valence-electron chi connectivity index (χ0n) is 15.2. The predicted octanol–water partition coefficient (Wildman–Crippen LogP) is 3.05. The van der Waals surface area contributed by atoms with Crippen molar-refractivity contribution in [2.45, 2.75) is 26.2 Å². The maximum Gasteiger partial charge on any atom is 0.269 e. The molecule has 26 heavy (non-hydrogen) atoms. The molecule has 2 N–H and O–H groups in total. The van der Waals surface area contributed by atoms with Crippen LogP contribution in [0, 0.1) is 0 Å². The second kappa shape index (κ2) is 9.46. The first kappa shape index (κ1) is 19.3. The van der Waals surface area contributed by atoms with Crippen molar-refractivity contribution in [2.75, 3.05) is 13.7 Å². The zero-order chi connectivity index (χ0) is 18.9. The molecule has 0 aromatic heterocycles. The van der Waals surface area contributed by atoms with Gasteiger partial charge in [-0.3, -0.25) is 20.4 Å². The largest absolute Gasteiger partial charge is 0.493 e. The van der Waals surface area contributed by atoms with E-state index >= 15 is 0 Å². The summed E-state index contributed by atoms with van der Waals surface area (Å²) in [4.78, 5) is 24.7. The molecule has 6 heteroatoms. The molecule has 138 valence electrons. The Bertz CT molecular complexity index is 747. The Morgan fingerprint density at radius 2 is 1.73 bits per heavy atom. The van der Waals surface area contributed by atoms with Gasteiger partial charge in [-0.2, -0.15) is 0 Å². The molecule has 0 spiro atoms. The molecule has 6 nitrogen and oxygen atoms in total. The lowest BCUT2D eigenvalue weighted by molar-refractivity contribution is -0.123. The molecule has 2 aromatic carbocycles. The Morgan fingerprint density at radius 1 is 1.00 bits per heavy atom. The first-order valence-electron chi connectivity index (χ1n) is 8.56. The van der Waals surface area contributed by atoms with E-state index in [4.69, 9.17) is 9.47 Å². The van der Waals surface area contributed by atoms with E-state index in [1.54, 1.807) is 18.2 Å². The standard InChI is InChI=1S/C20H24N2O4/c1-4-16(14-9-7-6-8-10-14)20(24)22-21-19(23)15-11-12-17(26-5-2)18(13-15)25-3/h6-13,16H,4-5H2,1-3H3,(H,21,23)(H,22,24). The normalized spacial score (nSPS) is 11.3. The Kier molecular flexibility index (Phi) is 7.02. The minimum atomic E-state index is -0.428. The minimum Gasteiger partial charge on any atom is -0.493 e. The van der Waals surface area contributed by atoms with Crippen molar-refractivity contribution in [1.29, 1.82) is 0 Å². The summed E-state index contributed by atoms with van der Waals surface area (Å²) in [5.74, 6) is 0.00573. The third kappa shape index (κ3) is 4.75. The van der Waals surface area contributed by atoms with Crippen molar-refractivity contribution in [3.63, 3.8) is 0 Å². The lowest BCUT2D eigenvalue weighted by Gasteiger charge is -2.16. The molecule has 0 fully saturated rings. The highest BCUT2D eigenvalue weighted by Crippen LogP contribution is 2.28. The average Bonchev–Trinajstić information content (AvgIpc) is 2.68. The van der Waals surface area contributed by atoms with Crippen molar-refractivity contribution in [1.82, 2.24) is 10.9 Å². The highest BCUT2D eigenvalue weighted by atomic mass is 16.5. The molecule has 2 rings (SSSR count). The minimum absolute atomic E-state index is 0.259. The van der Waals surface area contributed by atoms with Crippen LogP contribution in [0.2, 0.25) is 0 Å². The van der Waals surface area contributed by atoms with Crippen LogP contribution in [-0.2, 0) is 4.79 Å². The van der Waals surface area contributed by atoms with E-state index in [-0.39, 0.29) is 11.8 Å². The molecule has 2 amide bonds. The number of amides is 2. The van der Waals surface area contributed by atoms with Gasteiger partial charge in [-0.05, 0) is 37.1 Å². The number of hydrogen-bond acceptors (Lipinski definition) is 4. The summed E-state index contributed by atoms with van der Waals surface area (Å²) in [5.41, 5.74) is 6.21. The molecular weight excluding hydrogens is 332 g/mol. The highest BCUT2D eigenvalue weighted by Gasteiger charge is 2.19. The van der Waals surface area contributed by atoms with Crippen LogP contribution in [0.15, 0.2) is 48.5 Å². The maximum atomic E-state index is 12.4. The van der Waals surface area contributed by atoms with E-state index in [1.807, 2.05) is 44.2 Å². The predicted molar refractivity (Wildman–Crippen MR) is 99.2 cm³/mol. The van der Waals surface area contributed by atoms with Gasteiger partial charge in [0.2, 0.25) is 5.91 Å². The quantitative estimate of drug-likeness (QED) is 0.748. The van der Waals surface area contributed by atoms with Gasteiger partial charge in [-0.1, -0.05) is 37.3 Å². The average molecular weight is 356 g/mol. The number of hydrazine groups is 1. The first-order valence-corrected chi connectivity index (χ1v) is 8.56. The molecular formula is C20H24N2O4. The fourth-order valence-electron chi connectivity index (χ4n) is 2.62. The molecule has 0 aliphatic carbocycles. The Hall–Kier alpha value is -3.02. The van der Waals surface area contributed by atoms with E-state index in [0.717, 1.165) is 5.56 Å². The summed E-state index contributed by atoms with van der Waals surface area (Å²) in [6.45, 7) is 4.29. The topological polar surface area (TPSA) is 76.7 Å². The molecule has 0 aliphatic heterocycles. The summed E-state index contributed by atoms with van der Waals surface area (Å²) < 4.78 is 10.7. The van der Waals surface area contributed by atoms with Gasteiger partial charge in [-0.25, -0.2) is 0 Å². The van der Waals surface area contributed by atoms with Gasteiger partial charge in [0.15, 0.2) is 11.5 Å². The van der Waals surface area contributed by atoms with Crippen LogP contribution < -0.4 is 20.3 Å². The molecule has 0 saturated carbocycles. The Balaban J connectivity index is 2.02. The molecule has 2 aromatic rings. The third-order valence-corrected chi connectivity index (χ3v) is 3.95. The van der Waals surface area contributed by atoms with Crippen LogP contribution in [0.4, 0.5) is 0 Å². The molecule has 0 bridgehead atoms. The van der Waals surface area contributed by atoms with Crippen molar-refractivity contribution >= 4 is 11.8 Å². The molecule has 1 atom stereocenters. The summed E-state index contributed by atoms with van der Waals surface area (Å²) in [5, 5.41) is 0. The third-order valence-electron chi connectivity index (χ3n) is 3.95. The monoisotopic (exact) mass is 356 g/mol. The van der Waals surface area contributed by atoms with E-state index < -0.39 is 5.91 Å². The van der Waals surface area contributed by atoms with Crippen molar-refractivity contribution in [3.05, 3.63) is 59.7 Å². The van der Waals surface area contributed by atoms with Gasteiger partial charge >= 0.3 is 0 Å². The van der Waals surface area contributed by atoms with Crippen molar-refractivity contribution < 1.29 is 19.1 Å². The molecule has 0 aliphatic rings. The lowest BCUT2D eigenvalue weighted by atomic mass is 9.96. The number of ether oxygens (including phenoxy) is 2. The lowest BCUT2D eigenvalue weighted by Crippen LogP contribution is -2.43. The highest BCUT2D eigenvalue weighted by molar-refractivity contribution is 5.96. The van der Waals surface area contributed by atoms with E-state index in [1.165, 1.54) is 7.11 Å². The number of carbonyl (C=O) groups is 2. The zero-order valence-corrected chi connectivity index (χ0v) is 15.2. The summed E-state index contributed by atoms with van der Waals surface area (Å²) >= 11 is 0. The first-order chi connectivity index (χ1) is 12.6. The van der Waals surface area contributed by atoms with Crippen LogP contribution in [0.25, 0.3) is 0 Å². The van der Waals surface area contributed by atoms with Crippen LogP contribution in [0.5, 0.6) is 11.5 Å². The Morgan fingerprint density at radius 3 is 2.35 bits per heavy atom. The molecule has 0 radical (unpaired) electrons. The fourth-order valence-corrected chi connectivity index (χ4v) is 2.62. The van der Waals surface area contributed by atoms with Gasteiger partial charge in [0.25, 0.3) is 5.91 Å². The smallest absolute Gasteiger partial charge is 0.269 e. The van der Waals surface area contributed by atoms with Gasteiger partial charge < -0.3 is 9.47 Å². The number of hydrogen-bond donors (Lipinski definition) is 2. The van der Waals surface area contributed by atoms with Gasteiger partial charge in [0.05, 0.1) is 19.6 Å². The number of carbonyl (C=O) groups excluding carboxylic acids is 2. The number of rotatable bonds is 7. The second-order valence-electron chi connectivity index (χ2n) is 5.61. The number of methoxy groups -OCH3 is 1. The van der Waals surface area contributed by atoms with E-state index in [2.05, 4.69) is 10.9 Å². The molecule has 0 saturated heterocycles. The Labute approximate surface area is 153 Å². The number of benzene rings is 2. The fraction of sp³-hybridized carbons (Fsp3) is 0.300. The molecule has 0 heterocycles. The van der Waals surface area contributed by atoms with Gasteiger partial charge in [0, 0.05) is 5.56 Å². The van der Waals surface area contributed by atoms with Crippen LogP contribution >= 0.6 is 0 Å². The van der Waals surface area contributed by atoms with Gasteiger partial charge in [0.1, 0.15) is 0 Å². The van der Waals surface area contributed by atoms with E-state index in [9.17, 15) is 9.59 Å². The SMILES string of the molecule is CCOc1ccc(C(=O)NNC(=O)C(CC)c2ccccc2)cc1OC. The van der Waals surface area contributed by atoms with Crippen LogP contribution in [0.1, 0.15) is 42.1 Å².